The van der Waals surface area contributed by atoms with Crippen LogP contribution < -0.4 is 15.2 Å². The Morgan fingerprint density at radius 3 is 2.61 bits per heavy atom. The minimum absolute atomic E-state index is 0.410. The van der Waals surface area contributed by atoms with Gasteiger partial charge in [0.05, 0.1) is 6.61 Å². The number of amides is 1. The molecule has 2 N–H and O–H groups in total. The maximum absolute atomic E-state index is 11.1. The van der Waals surface area contributed by atoms with Crippen LogP contribution in [0.2, 0.25) is 0 Å². The number of aldehydes is 1. The van der Waals surface area contributed by atoms with Crippen molar-refractivity contribution < 1.29 is 19.1 Å². The Morgan fingerprint density at radius 1 is 1.39 bits per heavy atom. The van der Waals surface area contributed by atoms with Gasteiger partial charge >= 0.3 is 0 Å². The summed E-state index contributed by atoms with van der Waals surface area (Å²) in [6.07, 6.45) is 0.486. The molecule has 1 aromatic carbocycles. The van der Waals surface area contributed by atoms with Crippen molar-refractivity contribution in [2.24, 2.45) is 5.73 Å². The predicted molar refractivity (Wildman–Crippen MR) is 66.9 cm³/mol. The zero-order valence-electron chi connectivity index (χ0n) is 10.5. The van der Waals surface area contributed by atoms with Gasteiger partial charge in [0.1, 0.15) is 6.29 Å². The Balaban J connectivity index is 2.99. The van der Waals surface area contributed by atoms with E-state index in [0.717, 1.165) is 6.29 Å². The minimum Gasteiger partial charge on any atom is -0.490 e. The summed E-state index contributed by atoms with van der Waals surface area (Å²) in [7, 11) is 0. The molecule has 0 bridgehead atoms. The first kappa shape index (κ1) is 14.0. The van der Waals surface area contributed by atoms with Crippen LogP contribution in [0.25, 0.3) is 0 Å². The largest absolute Gasteiger partial charge is 0.490 e. The highest BCUT2D eigenvalue weighted by atomic mass is 16.5. The second-order valence-electron chi connectivity index (χ2n) is 3.67. The Hall–Kier alpha value is -2.04. The lowest BCUT2D eigenvalue weighted by Gasteiger charge is -2.17. The van der Waals surface area contributed by atoms with Crippen molar-refractivity contribution in [1.29, 1.82) is 0 Å². The van der Waals surface area contributed by atoms with Crippen molar-refractivity contribution in [1.82, 2.24) is 0 Å². The van der Waals surface area contributed by atoms with Gasteiger partial charge < -0.3 is 15.2 Å². The summed E-state index contributed by atoms with van der Waals surface area (Å²) in [5.74, 6) is 0.314. The van der Waals surface area contributed by atoms with Gasteiger partial charge in [-0.2, -0.15) is 0 Å². The van der Waals surface area contributed by atoms with E-state index in [1.807, 2.05) is 6.92 Å². The lowest BCUT2D eigenvalue weighted by Crippen LogP contribution is -2.33. The molecule has 98 valence electrons. The quantitative estimate of drug-likeness (QED) is 0.745. The summed E-state index contributed by atoms with van der Waals surface area (Å²) < 4.78 is 10.9. The Bertz CT molecular complexity index is 431. The van der Waals surface area contributed by atoms with Crippen LogP contribution in [0.4, 0.5) is 0 Å². The number of hydrogen-bond acceptors (Lipinski definition) is 4. The summed E-state index contributed by atoms with van der Waals surface area (Å²) in [4.78, 5) is 21.8. The molecule has 0 aliphatic carbocycles. The molecule has 1 amide bonds. The molecule has 1 rings (SSSR count). The molecule has 1 atom stereocenters. The molecule has 0 aliphatic rings. The molecular formula is C13H17NO4. The second-order valence-corrected chi connectivity index (χ2v) is 3.67. The average molecular weight is 251 g/mol. The van der Waals surface area contributed by atoms with Gasteiger partial charge in [0, 0.05) is 5.56 Å². The van der Waals surface area contributed by atoms with Crippen LogP contribution in [-0.4, -0.2) is 24.9 Å². The number of hydrogen-bond donors (Lipinski definition) is 1. The summed E-state index contributed by atoms with van der Waals surface area (Å²) in [5, 5.41) is 0. The molecule has 5 heteroatoms. The van der Waals surface area contributed by atoms with Crippen molar-refractivity contribution in [3.8, 4) is 11.5 Å². The third kappa shape index (κ3) is 3.48. The van der Waals surface area contributed by atoms with E-state index in [4.69, 9.17) is 15.2 Å². The van der Waals surface area contributed by atoms with Gasteiger partial charge in [-0.3, -0.25) is 9.59 Å². The molecule has 0 saturated carbocycles. The smallest absolute Gasteiger partial charge is 0.258 e. The van der Waals surface area contributed by atoms with Crippen LogP contribution in [-0.2, 0) is 4.79 Å². The minimum atomic E-state index is -0.703. The fraction of sp³-hybridized carbons (Fsp3) is 0.385. The molecule has 1 aromatic rings. The maximum atomic E-state index is 11.1. The van der Waals surface area contributed by atoms with Gasteiger partial charge in [0.2, 0.25) is 0 Å². The zero-order chi connectivity index (χ0) is 13.5. The van der Waals surface area contributed by atoms with Crippen LogP contribution in [0, 0.1) is 0 Å². The van der Waals surface area contributed by atoms with E-state index in [9.17, 15) is 9.59 Å². The molecule has 0 spiro atoms. The highest BCUT2D eigenvalue weighted by Gasteiger charge is 2.17. The second kappa shape index (κ2) is 6.64. The number of benzene rings is 1. The fourth-order valence-corrected chi connectivity index (χ4v) is 1.46. The lowest BCUT2D eigenvalue weighted by atomic mass is 10.2. The molecule has 18 heavy (non-hydrogen) atoms. The van der Waals surface area contributed by atoms with Gasteiger partial charge in [-0.15, -0.1) is 0 Å². The fourth-order valence-electron chi connectivity index (χ4n) is 1.46. The average Bonchev–Trinajstić information content (AvgIpc) is 2.37. The molecule has 0 aromatic heterocycles. The Kier molecular flexibility index (Phi) is 5.17. The van der Waals surface area contributed by atoms with Crippen molar-refractivity contribution in [3.05, 3.63) is 23.8 Å². The molecule has 0 fully saturated rings. The Morgan fingerprint density at radius 2 is 2.11 bits per heavy atom. The number of primary amides is 1. The van der Waals surface area contributed by atoms with E-state index in [1.165, 1.54) is 0 Å². The van der Waals surface area contributed by atoms with E-state index in [0.29, 0.717) is 30.1 Å². The van der Waals surface area contributed by atoms with E-state index in [1.54, 1.807) is 25.1 Å². The van der Waals surface area contributed by atoms with Crippen molar-refractivity contribution in [2.75, 3.05) is 6.61 Å². The van der Waals surface area contributed by atoms with Crippen LogP contribution in [0.1, 0.15) is 30.6 Å². The van der Waals surface area contributed by atoms with Crippen molar-refractivity contribution >= 4 is 12.2 Å². The van der Waals surface area contributed by atoms with E-state index < -0.39 is 12.0 Å². The van der Waals surface area contributed by atoms with E-state index >= 15 is 0 Å². The van der Waals surface area contributed by atoms with Gasteiger partial charge in [0.15, 0.2) is 17.6 Å². The molecule has 0 radical (unpaired) electrons. The highest BCUT2D eigenvalue weighted by Crippen LogP contribution is 2.29. The topological polar surface area (TPSA) is 78.6 Å². The summed E-state index contributed by atoms with van der Waals surface area (Å²) in [6, 6.07) is 4.76. The molecule has 0 saturated heterocycles. The first-order valence-electron chi connectivity index (χ1n) is 5.80. The zero-order valence-corrected chi connectivity index (χ0v) is 10.5. The number of ether oxygens (including phenoxy) is 2. The van der Waals surface area contributed by atoms with E-state index in [-0.39, 0.29) is 0 Å². The molecule has 5 nitrogen and oxygen atoms in total. The van der Waals surface area contributed by atoms with Crippen LogP contribution >= 0.6 is 0 Å². The normalized spacial score (nSPS) is 11.7. The maximum Gasteiger partial charge on any atom is 0.258 e. The summed E-state index contributed by atoms with van der Waals surface area (Å²) >= 11 is 0. The first-order valence-corrected chi connectivity index (χ1v) is 5.80. The number of carbonyl (C=O) groups excluding carboxylic acids is 2. The SMILES string of the molecule is CCOc1cc(C=O)ccc1OC(CC)C(N)=O. The van der Waals surface area contributed by atoms with Gasteiger partial charge in [-0.25, -0.2) is 0 Å². The third-order valence-electron chi connectivity index (χ3n) is 2.36. The third-order valence-corrected chi connectivity index (χ3v) is 2.36. The van der Waals surface area contributed by atoms with Gasteiger partial charge in [0.25, 0.3) is 5.91 Å². The summed E-state index contributed by atoms with van der Waals surface area (Å²) in [5.41, 5.74) is 5.70. The molecule has 1 unspecified atom stereocenters. The van der Waals surface area contributed by atoms with Crippen LogP contribution in [0.5, 0.6) is 11.5 Å². The van der Waals surface area contributed by atoms with E-state index in [2.05, 4.69) is 0 Å². The molecule has 0 heterocycles. The van der Waals surface area contributed by atoms with Gasteiger partial charge in [-0.1, -0.05) is 6.92 Å². The molecular weight excluding hydrogens is 234 g/mol. The highest BCUT2D eigenvalue weighted by molar-refractivity contribution is 5.79. The predicted octanol–water partition coefficient (Wildman–Crippen LogP) is 1.54. The van der Waals surface area contributed by atoms with Crippen LogP contribution in [0.15, 0.2) is 18.2 Å². The van der Waals surface area contributed by atoms with Crippen LogP contribution in [0.3, 0.4) is 0 Å². The molecule has 0 aliphatic heterocycles. The number of carbonyl (C=O) groups is 2. The first-order chi connectivity index (χ1) is 8.62. The monoisotopic (exact) mass is 251 g/mol. The van der Waals surface area contributed by atoms with Crippen molar-refractivity contribution in [2.45, 2.75) is 26.4 Å². The van der Waals surface area contributed by atoms with Crippen molar-refractivity contribution in [3.63, 3.8) is 0 Å². The number of nitrogens with two attached hydrogens (primary N) is 1. The van der Waals surface area contributed by atoms with Gasteiger partial charge in [-0.05, 0) is 31.5 Å². The summed E-state index contributed by atoms with van der Waals surface area (Å²) in [6.45, 7) is 4.06. The standard InChI is InChI=1S/C13H17NO4/c1-3-10(13(14)16)18-11-6-5-9(8-15)7-12(11)17-4-2/h5-8,10H,3-4H2,1-2H3,(H2,14,16). The number of rotatable bonds is 7. The lowest BCUT2D eigenvalue weighted by molar-refractivity contribution is -0.124. The Labute approximate surface area is 106 Å².